The van der Waals surface area contributed by atoms with E-state index in [0.29, 0.717) is 6.54 Å². The molecule has 0 aromatic heterocycles. The summed E-state index contributed by atoms with van der Waals surface area (Å²) in [5.41, 5.74) is 1.48. The predicted octanol–water partition coefficient (Wildman–Crippen LogP) is 4.00. The molecule has 7 heteroatoms. The second-order valence-corrected chi connectivity index (χ2v) is 6.89. The summed E-state index contributed by atoms with van der Waals surface area (Å²) >= 11 is 0. The van der Waals surface area contributed by atoms with Gasteiger partial charge in [0.25, 0.3) is 5.91 Å². The molecule has 2 aromatic rings. The zero-order chi connectivity index (χ0) is 20.0. The van der Waals surface area contributed by atoms with Gasteiger partial charge in [0.2, 0.25) is 0 Å². The number of carbonyl (C=O) groups is 1. The molecule has 1 aliphatic heterocycles. The smallest absolute Gasteiger partial charge is 0.416 e. The van der Waals surface area contributed by atoms with Crippen molar-refractivity contribution in [2.75, 3.05) is 19.7 Å². The number of rotatable bonds is 7. The van der Waals surface area contributed by atoms with Crippen LogP contribution in [0.25, 0.3) is 0 Å². The molecular weight excluding hydrogens is 369 g/mol. The van der Waals surface area contributed by atoms with E-state index in [9.17, 15) is 18.0 Å². The minimum absolute atomic E-state index is 0.217. The molecule has 0 bridgehead atoms. The van der Waals surface area contributed by atoms with Crippen molar-refractivity contribution in [1.29, 1.82) is 0 Å². The second-order valence-electron chi connectivity index (χ2n) is 6.89. The molecule has 0 aliphatic carbocycles. The number of alkyl halides is 3. The lowest BCUT2D eigenvalue weighted by Gasteiger charge is -2.14. The van der Waals surface area contributed by atoms with Crippen molar-refractivity contribution in [2.24, 2.45) is 0 Å². The van der Waals surface area contributed by atoms with Gasteiger partial charge in [-0.25, -0.2) is 0 Å². The third-order valence-corrected chi connectivity index (χ3v) is 4.67. The van der Waals surface area contributed by atoms with Crippen LogP contribution in [0.15, 0.2) is 48.5 Å². The van der Waals surface area contributed by atoms with Gasteiger partial charge in [0.05, 0.1) is 5.56 Å². The minimum atomic E-state index is -4.39. The van der Waals surface area contributed by atoms with Crippen LogP contribution in [-0.4, -0.2) is 30.5 Å². The van der Waals surface area contributed by atoms with Crippen LogP contribution in [0.2, 0.25) is 0 Å². The SMILES string of the molecule is O=C(COc1ccc(C(F)(F)F)cc1)NCc1ccc(CN2CCCC2)cc1. The number of halogens is 3. The summed E-state index contributed by atoms with van der Waals surface area (Å²) < 4.78 is 42.8. The molecule has 3 rings (SSSR count). The molecule has 4 nitrogen and oxygen atoms in total. The van der Waals surface area contributed by atoms with Crippen molar-refractivity contribution in [3.63, 3.8) is 0 Å². The maximum atomic E-state index is 12.5. The van der Waals surface area contributed by atoms with E-state index in [-0.39, 0.29) is 18.3 Å². The monoisotopic (exact) mass is 392 g/mol. The molecule has 1 saturated heterocycles. The number of benzene rings is 2. The number of nitrogens with zero attached hydrogens (tertiary/aromatic N) is 1. The summed E-state index contributed by atoms with van der Waals surface area (Å²) in [7, 11) is 0. The summed E-state index contributed by atoms with van der Waals surface area (Å²) in [6.07, 6.45) is -1.86. The molecule has 1 amide bonds. The summed E-state index contributed by atoms with van der Waals surface area (Å²) in [4.78, 5) is 14.3. The van der Waals surface area contributed by atoms with E-state index in [1.165, 1.54) is 30.5 Å². The molecule has 0 saturated carbocycles. The molecule has 1 aliphatic rings. The maximum Gasteiger partial charge on any atom is 0.416 e. The average molecular weight is 392 g/mol. The lowest BCUT2D eigenvalue weighted by Crippen LogP contribution is -2.28. The predicted molar refractivity (Wildman–Crippen MR) is 99.7 cm³/mol. The average Bonchev–Trinajstić information content (AvgIpc) is 3.18. The molecule has 0 radical (unpaired) electrons. The molecular formula is C21H23F3N2O2. The third-order valence-electron chi connectivity index (χ3n) is 4.67. The maximum absolute atomic E-state index is 12.5. The van der Waals surface area contributed by atoms with E-state index in [4.69, 9.17) is 4.74 Å². The summed E-state index contributed by atoms with van der Waals surface area (Å²) in [5.74, 6) is -0.115. The molecule has 1 heterocycles. The van der Waals surface area contributed by atoms with E-state index in [0.717, 1.165) is 37.3 Å². The molecule has 28 heavy (non-hydrogen) atoms. The Morgan fingerprint density at radius 3 is 2.18 bits per heavy atom. The number of carbonyl (C=O) groups excluding carboxylic acids is 1. The van der Waals surface area contributed by atoms with Crippen LogP contribution < -0.4 is 10.1 Å². The van der Waals surface area contributed by atoms with Crippen LogP contribution >= 0.6 is 0 Å². The molecule has 0 unspecified atom stereocenters. The Morgan fingerprint density at radius 2 is 1.57 bits per heavy atom. The van der Waals surface area contributed by atoms with Crippen molar-refractivity contribution < 1.29 is 22.7 Å². The van der Waals surface area contributed by atoms with Crippen molar-refractivity contribution in [1.82, 2.24) is 10.2 Å². The van der Waals surface area contributed by atoms with Crippen LogP contribution in [0, 0.1) is 0 Å². The first-order valence-electron chi connectivity index (χ1n) is 9.27. The normalized spacial score (nSPS) is 14.8. The van der Waals surface area contributed by atoms with E-state index >= 15 is 0 Å². The fraction of sp³-hybridized carbons (Fsp3) is 0.381. The van der Waals surface area contributed by atoms with Gasteiger partial charge in [-0.2, -0.15) is 13.2 Å². The van der Waals surface area contributed by atoms with Gasteiger partial charge in [0.15, 0.2) is 6.61 Å². The lowest BCUT2D eigenvalue weighted by atomic mass is 10.1. The first-order valence-corrected chi connectivity index (χ1v) is 9.27. The topological polar surface area (TPSA) is 41.6 Å². The number of amides is 1. The molecule has 0 atom stereocenters. The Labute approximate surface area is 162 Å². The van der Waals surface area contributed by atoms with Crippen LogP contribution in [0.4, 0.5) is 13.2 Å². The minimum Gasteiger partial charge on any atom is -0.484 e. The number of likely N-dealkylation sites (tertiary alicyclic amines) is 1. The van der Waals surface area contributed by atoms with Gasteiger partial charge in [0, 0.05) is 13.1 Å². The number of hydrogen-bond acceptors (Lipinski definition) is 3. The van der Waals surface area contributed by atoms with Crippen molar-refractivity contribution in [3.05, 3.63) is 65.2 Å². The highest BCUT2D eigenvalue weighted by atomic mass is 19.4. The molecule has 150 valence electrons. The van der Waals surface area contributed by atoms with E-state index < -0.39 is 11.7 Å². The summed E-state index contributed by atoms with van der Waals surface area (Å²) in [6, 6.07) is 12.4. The quantitative estimate of drug-likeness (QED) is 0.775. The first-order chi connectivity index (χ1) is 13.4. The van der Waals surface area contributed by atoms with Gasteiger partial charge in [0.1, 0.15) is 5.75 Å². The number of ether oxygens (including phenoxy) is 1. The highest BCUT2D eigenvalue weighted by Gasteiger charge is 2.30. The number of nitrogens with one attached hydrogen (secondary N) is 1. The van der Waals surface area contributed by atoms with Gasteiger partial charge >= 0.3 is 6.18 Å². The Kier molecular flexibility index (Phi) is 6.57. The van der Waals surface area contributed by atoms with Crippen LogP contribution in [-0.2, 0) is 24.1 Å². The highest BCUT2D eigenvalue weighted by Crippen LogP contribution is 2.30. The third kappa shape index (κ3) is 5.99. The largest absolute Gasteiger partial charge is 0.484 e. The fourth-order valence-corrected chi connectivity index (χ4v) is 3.10. The van der Waals surface area contributed by atoms with E-state index in [2.05, 4.69) is 22.3 Å². The van der Waals surface area contributed by atoms with Gasteiger partial charge in [-0.3, -0.25) is 9.69 Å². The van der Waals surface area contributed by atoms with Gasteiger partial charge < -0.3 is 10.1 Å². The van der Waals surface area contributed by atoms with E-state index in [1.54, 1.807) is 0 Å². The Morgan fingerprint density at radius 1 is 0.964 bits per heavy atom. The van der Waals surface area contributed by atoms with Crippen LogP contribution in [0.1, 0.15) is 29.5 Å². The van der Waals surface area contributed by atoms with Gasteiger partial charge in [-0.05, 0) is 61.3 Å². The fourth-order valence-electron chi connectivity index (χ4n) is 3.10. The zero-order valence-corrected chi connectivity index (χ0v) is 15.5. The Balaban J connectivity index is 1.40. The lowest BCUT2D eigenvalue weighted by molar-refractivity contribution is -0.137. The van der Waals surface area contributed by atoms with Gasteiger partial charge in [-0.1, -0.05) is 24.3 Å². The molecule has 1 N–H and O–H groups in total. The van der Waals surface area contributed by atoms with Crippen molar-refractivity contribution in [3.8, 4) is 5.75 Å². The van der Waals surface area contributed by atoms with Crippen molar-refractivity contribution >= 4 is 5.91 Å². The highest BCUT2D eigenvalue weighted by molar-refractivity contribution is 5.77. The molecule has 2 aromatic carbocycles. The first kappa shape index (κ1) is 20.2. The van der Waals surface area contributed by atoms with E-state index in [1.807, 2.05) is 12.1 Å². The number of hydrogen-bond donors (Lipinski definition) is 1. The molecule has 1 fully saturated rings. The Bertz CT molecular complexity index is 768. The second kappa shape index (κ2) is 9.10. The molecule has 0 spiro atoms. The van der Waals surface area contributed by atoms with Crippen molar-refractivity contribution in [2.45, 2.75) is 32.1 Å². The zero-order valence-electron chi connectivity index (χ0n) is 15.5. The Hall–Kier alpha value is -2.54. The summed E-state index contributed by atoms with van der Waals surface area (Å²) in [5, 5.41) is 2.74. The van der Waals surface area contributed by atoms with Crippen LogP contribution in [0.3, 0.4) is 0 Å². The summed E-state index contributed by atoms with van der Waals surface area (Å²) in [6.45, 7) is 3.37. The van der Waals surface area contributed by atoms with Crippen LogP contribution in [0.5, 0.6) is 5.75 Å². The standard InChI is InChI=1S/C21H23F3N2O2/c22-21(23,24)18-7-9-19(10-8-18)28-15-20(27)25-13-16-3-5-17(6-4-16)14-26-11-1-2-12-26/h3-10H,1-2,11-15H2,(H,25,27). The van der Waals surface area contributed by atoms with Gasteiger partial charge in [-0.15, -0.1) is 0 Å².